The Bertz CT molecular complexity index is 517. The number of hydrogen-bond acceptors (Lipinski definition) is 4. The van der Waals surface area contributed by atoms with E-state index in [1.807, 2.05) is 42.5 Å². The Morgan fingerprint density at radius 2 is 2.15 bits per heavy atom. The molecule has 0 saturated carbocycles. The predicted molar refractivity (Wildman–Crippen MR) is 78.8 cm³/mol. The van der Waals surface area contributed by atoms with Crippen molar-refractivity contribution in [1.82, 2.24) is 10.3 Å². The lowest BCUT2D eigenvalue weighted by atomic mass is 10.1. The van der Waals surface area contributed by atoms with Crippen molar-refractivity contribution in [2.75, 3.05) is 20.2 Å². The Balaban J connectivity index is 1.76. The standard InChI is InChI=1S/C16H20N2O2/c1-20-15-7-4-5-13(11-15)16(19)12-17-10-8-14-6-2-3-9-18-14/h2-7,9,11,16-17,19H,8,10,12H2,1H3. The number of ether oxygens (including phenoxy) is 1. The molecule has 2 aromatic rings. The van der Waals surface area contributed by atoms with Crippen LogP contribution in [0.25, 0.3) is 0 Å². The monoisotopic (exact) mass is 272 g/mol. The maximum atomic E-state index is 10.1. The molecule has 1 aromatic heterocycles. The first-order valence-electron chi connectivity index (χ1n) is 6.72. The second-order valence-corrected chi connectivity index (χ2v) is 4.57. The summed E-state index contributed by atoms with van der Waals surface area (Å²) in [4.78, 5) is 4.26. The summed E-state index contributed by atoms with van der Waals surface area (Å²) in [7, 11) is 1.62. The molecule has 0 fully saturated rings. The van der Waals surface area contributed by atoms with E-state index in [-0.39, 0.29) is 0 Å². The third kappa shape index (κ3) is 4.33. The Morgan fingerprint density at radius 3 is 2.90 bits per heavy atom. The zero-order valence-electron chi connectivity index (χ0n) is 11.6. The fourth-order valence-electron chi connectivity index (χ4n) is 1.97. The number of aliphatic hydroxyl groups excluding tert-OH is 1. The van der Waals surface area contributed by atoms with Crippen molar-refractivity contribution in [3.05, 3.63) is 59.9 Å². The van der Waals surface area contributed by atoms with E-state index < -0.39 is 6.10 Å². The molecule has 0 spiro atoms. The van der Waals surface area contributed by atoms with Crippen molar-refractivity contribution in [3.63, 3.8) is 0 Å². The Morgan fingerprint density at radius 1 is 1.25 bits per heavy atom. The molecule has 2 N–H and O–H groups in total. The van der Waals surface area contributed by atoms with Gasteiger partial charge in [-0.3, -0.25) is 4.98 Å². The minimum atomic E-state index is -0.533. The van der Waals surface area contributed by atoms with Gasteiger partial charge >= 0.3 is 0 Å². The van der Waals surface area contributed by atoms with Gasteiger partial charge in [0.15, 0.2) is 0 Å². The first kappa shape index (κ1) is 14.5. The van der Waals surface area contributed by atoms with Crippen molar-refractivity contribution < 1.29 is 9.84 Å². The van der Waals surface area contributed by atoms with E-state index in [4.69, 9.17) is 4.74 Å². The number of nitrogens with zero attached hydrogens (tertiary/aromatic N) is 1. The van der Waals surface area contributed by atoms with Gasteiger partial charge in [-0.25, -0.2) is 0 Å². The highest BCUT2D eigenvalue weighted by Gasteiger charge is 2.07. The molecule has 1 unspecified atom stereocenters. The van der Waals surface area contributed by atoms with Gasteiger partial charge in [0, 0.05) is 31.4 Å². The molecule has 4 nitrogen and oxygen atoms in total. The van der Waals surface area contributed by atoms with Crippen LogP contribution < -0.4 is 10.1 Å². The van der Waals surface area contributed by atoms with Crippen molar-refractivity contribution in [2.24, 2.45) is 0 Å². The average Bonchev–Trinajstić information content (AvgIpc) is 2.52. The second-order valence-electron chi connectivity index (χ2n) is 4.57. The highest BCUT2D eigenvalue weighted by atomic mass is 16.5. The Hall–Kier alpha value is -1.91. The highest BCUT2D eigenvalue weighted by molar-refractivity contribution is 5.29. The fraction of sp³-hybridized carbons (Fsp3) is 0.312. The number of rotatable bonds is 7. The number of methoxy groups -OCH3 is 1. The SMILES string of the molecule is COc1cccc(C(O)CNCCc2ccccn2)c1. The van der Waals surface area contributed by atoms with E-state index >= 15 is 0 Å². The number of benzene rings is 1. The van der Waals surface area contributed by atoms with Gasteiger partial charge in [0.2, 0.25) is 0 Å². The van der Waals surface area contributed by atoms with Gasteiger partial charge in [0.05, 0.1) is 13.2 Å². The van der Waals surface area contributed by atoms with Gasteiger partial charge in [-0.05, 0) is 29.8 Å². The summed E-state index contributed by atoms with van der Waals surface area (Å²) in [6.45, 7) is 1.30. The zero-order valence-corrected chi connectivity index (χ0v) is 11.6. The van der Waals surface area contributed by atoms with Crippen LogP contribution in [0.15, 0.2) is 48.7 Å². The molecule has 1 atom stereocenters. The van der Waals surface area contributed by atoms with Gasteiger partial charge in [-0.15, -0.1) is 0 Å². The smallest absolute Gasteiger partial charge is 0.119 e. The van der Waals surface area contributed by atoms with E-state index in [0.717, 1.165) is 30.0 Å². The summed E-state index contributed by atoms with van der Waals surface area (Å²) >= 11 is 0. The van der Waals surface area contributed by atoms with Crippen LogP contribution in [0.3, 0.4) is 0 Å². The van der Waals surface area contributed by atoms with Gasteiger partial charge in [0.1, 0.15) is 5.75 Å². The average molecular weight is 272 g/mol. The number of aliphatic hydroxyl groups is 1. The third-order valence-corrected chi connectivity index (χ3v) is 3.10. The fourth-order valence-corrected chi connectivity index (χ4v) is 1.97. The van der Waals surface area contributed by atoms with Gasteiger partial charge in [0.25, 0.3) is 0 Å². The minimum absolute atomic E-state index is 0.514. The molecule has 1 aromatic carbocycles. The van der Waals surface area contributed by atoms with Crippen LogP contribution in [-0.2, 0) is 6.42 Å². The number of hydrogen-bond donors (Lipinski definition) is 2. The maximum Gasteiger partial charge on any atom is 0.119 e. The van der Waals surface area contributed by atoms with Crippen molar-refractivity contribution in [1.29, 1.82) is 0 Å². The highest BCUT2D eigenvalue weighted by Crippen LogP contribution is 2.18. The summed E-state index contributed by atoms with van der Waals surface area (Å²) in [5, 5.41) is 13.3. The number of nitrogens with one attached hydrogen (secondary N) is 1. The van der Waals surface area contributed by atoms with E-state index in [1.165, 1.54) is 0 Å². The second kappa shape index (κ2) is 7.62. The molecule has 0 saturated heterocycles. The summed E-state index contributed by atoms with van der Waals surface area (Å²) in [6, 6.07) is 13.4. The Kier molecular flexibility index (Phi) is 5.53. The van der Waals surface area contributed by atoms with E-state index in [1.54, 1.807) is 13.3 Å². The molecule has 0 radical (unpaired) electrons. The molecule has 0 aliphatic rings. The molecular weight excluding hydrogens is 252 g/mol. The van der Waals surface area contributed by atoms with Crippen LogP contribution >= 0.6 is 0 Å². The van der Waals surface area contributed by atoms with Crippen LogP contribution in [0.5, 0.6) is 5.75 Å². The lowest BCUT2D eigenvalue weighted by molar-refractivity contribution is 0.174. The normalized spacial score (nSPS) is 12.1. The maximum absolute atomic E-state index is 10.1. The third-order valence-electron chi connectivity index (χ3n) is 3.10. The molecular formula is C16H20N2O2. The zero-order chi connectivity index (χ0) is 14.2. The van der Waals surface area contributed by atoms with Crippen LogP contribution in [-0.4, -0.2) is 30.3 Å². The van der Waals surface area contributed by atoms with Gasteiger partial charge in [-0.2, -0.15) is 0 Å². The van der Waals surface area contributed by atoms with Gasteiger partial charge in [-0.1, -0.05) is 18.2 Å². The molecule has 0 bridgehead atoms. The van der Waals surface area contributed by atoms with E-state index in [2.05, 4.69) is 10.3 Å². The van der Waals surface area contributed by atoms with Crippen molar-refractivity contribution in [3.8, 4) is 5.75 Å². The first-order chi connectivity index (χ1) is 9.79. The summed E-state index contributed by atoms with van der Waals surface area (Å²) in [5.74, 6) is 0.759. The predicted octanol–water partition coefficient (Wildman–Crippen LogP) is 1.96. The molecule has 106 valence electrons. The molecule has 1 heterocycles. The first-order valence-corrected chi connectivity index (χ1v) is 6.72. The molecule has 20 heavy (non-hydrogen) atoms. The van der Waals surface area contributed by atoms with E-state index in [0.29, 0.717) is 6.54 Å². The van der Waals surface area contributed by atoms with Crippen molar-refractivity contribution >= 4 is 0 Å². The summed E-state index contributed by atoms with van der Waals surface area (Å²) in [5.41, 5.74) is 1.91. The molecule has 0 aliphatic heterocycles. The number of pyridine rings is 1. The van der Waals surface area contributed by atoms with Crippen LogP contribution in [0, 0.1) is 0 Å². The van der Waals surface area contributed by atoms with Crippen LogP contribution in [0.1, 0.15) is 17.4 Å². The minimum Gasteiger partial charge on any atom is -0.497 e. The summed E-state index contributed by atoms with van der Waals surface area (Å²) < 4.78 is 5.15. The quantitative estimate of drug-likeness (QED) is 0.757. The molecule has 0 aliphatic carbocycles. The summed E-state index contributed by atoms with van der Waals surface area (Å²) in [6.07, 6.45) is 2.11. The molecule has 4 heteroatoms. The Labute approximate surface area is 119 Å². The lowest BCUT2D eigenvalue weighted by Crippen LogP contribution is -2.24. The molecule has 2 rings (SSSR count). The largest absolute Gasteiger partial charge is 0.497 e. The van der Waals surface area contributed by atoms with E-state index in [9.17, 15) is 5.11 Å². The lowest BCUT2D eigenvalue weighted by Gasteiger charge is -2.13. The number of aromatic nitrogens is 1. The van der Waals surface area contributed by atoms with Crippen LogP contribution in [0.4, 0.5) is 0 Å². The van der Waals surface area contributed by atoms with Crippen LogP contribution in [0.2, 0.25) is 0 Å². The molecule has 0 amide bonds. The topological polar surface area (TPSA) is 54.4 Å². The van der Waals surface area contributed by atoms with Crippen molar-refractivity contribution in [2.45, 2.75) is 12.5 Å². The van der Waals surface area contributed by atoms with Gasteiger partial charge < -0.3 is 15.2 Å².